The molecule has 6 nitrogen and oxygen atoms in total. The highest BCUT2D eigenvalue weighted by molar-refractivity contribution is 8.18. The zero-order valence-electron chi connectivity index (χ0n) is 12.5. The number of carbonyl (C=O) groups excluding carboxylic acids is 1. The summed E-state index contributed by atoms with van der Waals surface area (Å²) in [6, 6.07) is 3.92. The number of carbonyl (C=O) groups is 1. The van der Waals surface area contributed by atoms with Crippen molar-refractivity contribution in [2.24, 2.45) is 12.0 Å². The molecule has 2 aromatic heterocycles. The average molecular weight is 333 g/mol. The van der Waals surface area contributed by atoms with Gasteiger partial charge in [0.1, 0.15) is 5.01 Å². The Morgan fingerprint density at radius 3 is 2.82 bits per heavy atom. The summed E-state index contributed by atoms with van der Waals surface area (Å²) in [4.78, 5) is 19.3. The Morgan fingerprint density at radius 2 is 2.23 bits per heavy atom. The molecule has 0 aromatic carbocycles. The van der Waals surface area contributed by atoms with E-state index in [-0.39, 0.29) is 5.91 Å². The van der Waals surface area contributed by atoms with Crippen molar-refractivity contribution in [3.8, 4) is 0 Å². The number of aryl methyl sites for hydroxylation is 2. The van der Waals surface area contributed by atoms with Crippen LogP contribution in [0.5, 0.6) is 0 Å². The number of nitrogens with zero attached hydrogens (tertiary/aromatic N) is 5. The third-order valence-corrected chi connectivity index (χ3v) is 4.91. The molecule has 3 rings (SSSR count). The molecule has 1 aliphatic heterocycles. The molecule has 0 radical (unpaired) electrons. The van der Waals surface area contributed by atoms with Crippen LogP contribution in [0.2, 0.25) is 0 Å². The number of aliphatic imine (C=N–C) groups is 1. The molecule has 0 saturated carbocycles. The van der Waals surface area contributed by atoms with Crippen molar-refractivity contribution in [2.75, 3.05) is 6.54 Å². The van der Waals surface area contributed by atoms with E-state index in [1.165, 1.54) is 23.1 Å². The fourth-order valence-corrected chi connectivity index (χ4v) is 3.69. The molecule has 0 spiro atoms. The monoisotopic (exact) mass is 333 g/mol. The van der Waals surface area contributed by atoms with E-state index < -0.39 is 0 Å². The van der Waals surface area contributed by atoms with Crippen molar-refractivity contribution in [1.29, 1.82) is 0 Å². The van der Waals surface area contributed by atoms with Gasteiger partial charge in [-0.3, -0.25) is 9.69 Å². The summed E-state index contributed by atoms with van der Waals surface area (Å²) in [5.41, 5.74) is 0.986. The van der Waals surface area contributed by atoms with Crippen LogP contribution in [0, 0.1) is 6.92 Å². The van der Waals surface area contributed by atoms with Gasteiger partial charge in [0.15, 0.2) is 5.17 Å². The summed E-state index contributed by atoms with van der Waals surface area (Å²) in [6.45, 7) is 4.39. The Bertz CT molecular complexity index is 774. The fourth-order valence-electron chi connectivity index (χ4n) is 2.04. The van der Waals surface area contributed by atoms with Crippen LogP contribution in [-0.2, 0) is 11.8 Å². The molecule has 1 saturated heterocycles. The van der Waals surface area contributed by atoms with Gasteiger partial charge in [-0.15, -0.1) is 10.2 Å². The van der Waals surface area contributed by atoms with Gasteiger partial charge in [-0.1, -0.05) is 11.3 Å². The third-order valence-electron chi connectivity index (χ3n) is 3.17. The van der Waals surface area contributed by atoms with E-state index in [9.17, 15) is 4.79 Å². The number of rotatable bonds is 3. The van der Waals surface area contributed by atoms with Crippen LogP contribution in [-0.4, -0.2) is 37.3 Å². The Balaban J connectivity index is 1.94. The highest BCUT2D eigenvalue weighted by Gasteiger charge is 2.32. The first-order valence-electron chi connectivity index (χ1n) is 6.80. The second kappa shape index (κ2) is 6.05. The minimum Gasteiger partial charge on any atom is -0.351 e. The minimum atomic E-state index is -0.0197. The first-order valence-corrected chi connectivity index (χ1v) is 8.43. The van der Waals surface area contributed by atoms with Gasteiger partial charge in [0.05, 0.1) is 4.91 Å². The zero-order valence-corrected chi connectivity index (χ0v) is 14.1. The molecule has 1 aliphatic rings. The lowest BCUT2D eigenvalue weighted by Gasteiger charge is -2.11. The quantitative estimate of drug-likeness (QED) is 0.810. The van der Waals surface area contributed by atoms with Crippen LogP contribution in [0.3, 0.4) is 0 Å². The molecule has 1 amide bonds. The smallest absolute Gasteiger partial charge is 0.266 e. The Labute approximate surface area is 136 Å². The summed E-state index contributed by atoms with van der Waals surface area (Å²) >= 11 is 2.79. The SMILES string of the molecule is CCN1C(=O)/C(=C\c2cccn2C)S/C1=N/c1nnc(C)s1. The number of thioether (sulfide) groups is 1. The highest BCUT2D eigenvalue weighted by atomic mass is 32.2. The summed E-state index contributed by atoms with van der Waals surface area (Å²) in [5.74, 6) is -0.0197. The van der Waals surface area contributed by atoms with E-state index in [4.69, 9.17) is 0 Å². The van der Waals surface area contributed by atoms with E-state index in [1.54, 1.807) is 4.90 Å². The first kappa shape index (κ1) is 15.0. The number of amides is 1. The molecule has 0 N–H and O–H groups in total. The summed E-state index contributed by atoms with van der Waals surface area (Å²) in [5, 5.41) is 10.0. The molecule has 1 fully saturated rings. The van der Waals surface area contributed by atoms with E-state index in [1.807, 2.05) is 49.9 Å². The largest absolute Gasteiger partial charge is 0.351 e. The van der Waals surface area contributed by atoms with Crippen LogP contribution in [0.25, 0.3) is 6.08 Å². The molecule has 8 heteroatoms. The molecule has 0 bridgehead atoms. The van der Waals surface area contributed by atoms with Gasteiger partial charge in [-0.25, -0.2) is 0 Å². The highest BCUT2D eigenvalue weighted by Crippen LogP contribution is 2.34. The van der Waals surface area contributed by atoms with Crippen molar-refractivity contribution in [2.45, 2.75) is 13.8 Å². The second-order valence-electron chi connectivity index (χ2n) is 4.70. The molecule has 114 valence electrons. The summed E-state index contributed by atoms with van der Waals surface area (Å²) in [7, 11) is 1.95. The van der Waals surface area contributed by atoms with Crippen LogP contribution in [0.1, 0.15) is 17.6 Å². The minimum absolute atomic E-state index is 0.0197. The van der Waals surface area contributed by atoms with Crippen LogP contribution >= 0.6 is 23.1 Å². The number of amidine groups is 1. The van der Waals surface area contributed by atoms with E-state index in [0.29, 0.717) is 21.7 Å². The third kappa shape index (κ3) is 2.84. The molecule has 2 aromatic rings. The van der Waals surface area contributed by atoms with Gasteiger partial charge >= 0.3 is 0 Å². The number of aromatic nitrogens is 3. The normalized spacial score (nSPS) is 18.9. The van der Waals surface area contributed by atoms with Gasteiger partial charge in [-0.2, -0.15) is 4.99 Å². The Hall–Kier alpha value is -1.93. The number of likely N-dealkylation sites (N-methyl/N-ethyl adjacent to an activating group) is 1. The van der Waals surface area contributed by atoms with E-state index in [2.05, 4.69) is 15.2 Å². The van der Waals surface area contributed by atoms with Crippen LogP contribution in [0.15, 0.2) is 28.2 Å². The maximum atomic E-state index is 12.5. The standard InChI is InChI=1S/C14H15N5OS2/c1-4-19-12(20)11(8-10-6-5-7-18(10)3)22-14(19)15-13-17-16-9(2)21-13/h5-8H,4H2,1-3H3/b11-8+,15-14+. The van der Waals surface area contributed by atoms with Crippen molar-refractivity contribution in [1.82, 2.24) is 19.7 Å². The van der Waals surface area contributed by atoms with Crippen LogP contribution < -0.4 is 0 Å². The maximum absolute atomic E-state index is 12.5. The molecule has 0 unspecified atom stereocenters. The van der Waals surface area contributed by atoms with E-state index >= 15 is 0 Å². The molecular formula is C14H15N5OS2. The molecule has 22 heavy (non-hydrogen) atoms. The summed E-state index contributed by atoms with van der Waals surface area (Å²) in [6.07, 6.45) is 3.84. The zero-order chi connectivity index (χ0) is 15.7. The number of hydrogen-bond donors (Lipinski definition) is 0. The van der Waals surface area contributed by atoms with Crippen molar-refractivity contribution in [3.05, 3.63) is 33.9 Å². The van der Waals surface area contributed by atoms with Crippen molar-refractivity contribution in [3.63, 3.8) is 0 Å². The van der Waals surface area contributed by atoms with Crippen molar-refractivity contribution < 1.29 is 4.79 Å². The second-order valence-corrected chi connectivity index (χ2v) is 6.87. The van der Waals surface area contributed by atoms with Gasteiger partial charge in [0.2, 0.25) is 5.13 Å². The fraction of sp³-hybridized carbons (Fsp3) is 0.286. The van der Waals surface area contributed by atoms with Crippen LogP contribution in [0.4, 0.5) is 5.13 Å². The average Bonchev–Trinajstić information content (AvgIpc) is 3.14. The predicted molar refractivity (Wildman–Crippen MR) is 90.1 cm³/mol. The van der Waals surface area contributed by atoms with Gasteiger partial charge in [0.25, 0.3) is 5.91 Å². The topological polar surface area (TPSA) is 63.4 Å². The van der Waals surface area contributed by atoms with E-state index in [0.717, 1.165) is 10.7 Å². The molecule has 3 heterocycles. The number of hydrogen-bond acceptors (Lipinski definition) is 6. The lowest BCUT2D eigenvalue weighted by molar-refractivity contribution is -0.122. The first-order chi connectivity index (χ1) is 10.6. The molecular weight excluding hydrogens is 318 g/mol. The maximum Gasteiger partial charge on any atom is 0.266 e. The van der Waals surface area contributed by atoms with Gasteiger partial charge in [0, 0.05) is 25.5 Å². The lowest BCUT2D eigenvalue weighted by atomic mass is 10.3. The Kier molecular flexibility index (Phi) is 4.12. The van der Waals surface area contributed by atoms with Gasteiger partial charge < -0.3 is 4.57 Å². The predicted octanol–water partition coefficient (Wildman–Crippen LogP) is 2.81. The molecule has 0 aliphatic carbocycles. The summed E-state index contributed by atoms with van der Waals surface area (Å²) < 4.78 is 1.97. The lowest BCUT2D eigenvalue weighted by Crippen LogP contribution is -2.28. The Morgan fingerprint density at radius 1 is 1.41 bits per heavy atom. The van der Waals surface area contributed by atoms with Crippen molar-refractivity contribution >= 4 is 45.4 Å². The van der Waals surface area contributed by atoms with Gasteiger partial charge in [-0.05, 0) is 43.8 Å². The molecule has 0 atom stereocenters.